The maximum Gasteiger partial charge on any atom is 0.254 e. The predicted octanol–water partition coefficient (Wildman–Crippen LogP) is 7.10. The Morgan fingerprint density at radius 1 is 1.23 bits per heavy atom. The van der Waals surface area contributed by atoms with Crippen LogP contribution in [0.1, 0.15) is 68.2 Å². The fourth-order valence-corrected chi connectivity index (χ4v) is 5.15. The Labute approximate surface area is 203 Å². The van der Waals surface area contributed by atoms with Gasteiger partial charge in [0, 0.05) is 26.7 Å². The van der Waals surface area contributed by atoms with Gasteiger partial charge < -0.3 is 9.47 Å². The number of carbonyl (C=O) groups is 1. The molecule has 1 fully saturated rings. The van der Waals surface area contributed by atoms with Crippen molar-refractivity contribution < 1.29 is 4.79 Å². The first kappa shape index (κ1) is 22.6. The maximum atomic E-state index is 13.5. The lowest BCUT2D eigenvalue weighted by atomic mass is 10.1. The number of rotatable bonds is 7. The molecule has 0 N–H and O–H groups in total. The van der Waals surface area contributed by atoms with Crippen LogP contribution < -0.4 is 0 Å². The van der Waals surface area contributed by atoms with Crippen LogP contribution in [0.25, 0.3) is 11.0 Å². The molecule has 0 aliphatic heterocycles. The molecule has 1 saturated carbocycles. The standard InChI is InChI=1S/C25H29ClIN3O/c1-17(2)12-13-29(25(31)18-6-5-7-20(27)14-18)16-24-28-22-11-10-19(26)15-23(22)30(24)21-8-3-4-9-21/h5-7,10-11,14-15,17,21H,3-4,8-9,12-13,16H2,1-2H3. The number of benzene rings is 2. The van der Waals surface area contributed by atoms with Crippen molar-refractivity contribution in [1.82, 2.24) is 14.5 Å². The van der Waals surface area contributed by atoms with Gasteiger partial charge in [0.15, 0.2) is 0 Å². The predicted molar refractivity (Wildman–Crippen MR) is 136 cm³/mol. The van der Waals surface area contributed by atoms with Gasteiger partial charge >= 0.3 is 0 Å². The summed E-state index contributed by atoms with van der Waals surface area (Å²) in [5.74, 6) is 1.56. The Bertz CT molecular complexity index is 1070. The summed E-state index contributed by atoms with van der Waals surface area (Å²) in [5, 5.41) is 0.727. The van der Waals surface area contributed by atoms with E-state index in [9.17, 15) is 4.79 Å². The van der Waals surface area contributed by atoms with Crippen molar-refractivity contribution in [2.24, 2.45) is 5.92 Å². The quantitative estimate of drug-likeness (QED) is 0.295. The van der Waals surface area contributed by atoms with Crippen molar-refractivity contribution in [3.05, 3.63) is 62.4 Å². The van der Waals surface area contributed by atoms with Crippen LogP contribution in [0.15, 0.2) is 42.5 Å². The van der Waals surface area contributed by atoms with E-state index in [4.69, 9.17) is 16.6 Å². The van der Waals surface area contributed by atoms with Crippen molar-refractivity contribution in [2.75, 3.05) is 6.54 Å². The number of nitrogens with zero attached hydrogens (tertiary/aromatic N) is 3. The zero-order valence-electron chi connectivity index (χ0n) is 18.2. The van der Waals surface area contributed by atoms with Gasteiger partial charge in [-0.2, -0.15) is 0 Å². The highest BCUT2D eigenvalue weighted by Crippen LogP contribution is 2.35. The summed E-state index contributed by atoms with van der Waals surface area (Å²) in [5.41, 5.74) is 2.78. The Morgan fingerprint density at radius 3 is 2.71 bits per heavy atom. The largest absolute Gasteiger partial charge is 0.331 e. The van der Waals surface area contributed by atoms with Gasteiger partial charge in [0.25, 0.3) is 5.91 Å². The third-order valence-corrected chi connectivity index (χ3v) is 6.99. The molecule has 3 aromatic rings. The SMILES string of the molecule is CC(C)CCN(Cc1nc2ccc(Cl)cc2n1C1CCCC1)C(=O)c1cccc(I)c1. The first-order chi connectivity index (χ1) is 14.9. The first-order valence-corrected chi connectivity index (χ1v) is 12.6. The molecule has 1 heterocycles. The summed E-state index contributed by atoms with van der Waals surface area (Å²) in [6, 6.07) is 14.2. The molecule has 0 saturated heterocycles. The Hall–Kier alpha value is -1.60. The van der Waals surface area contributed by atoms with Gasteiger partial charge in [0.05, 0.1) is 17.6 Å². The molecule has 164 valence electrons. The lowest BCUT2D eigenvalue weighted by molar-refractivity contribution is 0.0728. The summed E-state index contributed by atoms with van der Waals surface area (Å²) in [6.45, 7) is 5.63. The number of fused-ring (bicyclic) bond motifs is 1. The van der Waals surface area contributed by atoms with E-state index >= 15 is 0 Å². The molecule has 1 aliphatic carbocycles. The summed E-state index contributed by atoms with van der Waals surface area (Å²) in [7, 11) is 0. The molecular formula is C25H29ClIN3O. The number of imidazole rings is 1. The molecule has 1 aliphatic rings. The van der Waals surface area contributed by atoms with Gasteiger partial charge in [-0.05, 0) is 84.2 Å². The second-order valence-corrected chi connectivity index (χ2v) is 10.6. The van der Waals surface area contributed by atoms with Crippen LogP contribution in [0.5, 0.6) is 0 Å². The highest BCUT2D eigenvalue weighted by atomic mass is 127. The number of halogens is 2. The van der Waals surface area contributed by atoms with Crippen molar-refractivity contribution >= 4 is 51.1 Å². The molecule has 1 aromatic heterocycles. The molecule has 0 atom stereocenters. The van der Waals surface area contributed by atoms with Crippen LogP contribution in [0.4, 0.5) is 0 Å². The Balaban J connectivity index is 1.71. The van der Waals surface area contributed by atoms with Crippen LogP contribution in [0.3, 0.4) is 0 Å². The Morgan fingerprint density at radius 2 is 2.00 bits per heavy atom. The van der Waals surface area contributed by atoms with E-state index in [0.717, 1.165) is 56.8 Å². The fraction of sp³-hybridized carbons (Fsp3) is 0.440. The van der Waals surface area contributed by atoms with Gasteiger partial charge in [-0.1, -0.05) is 44.4 Å². The molecule has 0 radical (unpaired) electrons. The summed E-state index contributed by atoms with van der Waals surface area (Å²) < 4.78 is 3.43. The highest BCUT2D eigenvalue weighted by molar-refractivity contribution is 14.1. The molecule has 1 amide bonds. The average molecular weight is 550 g/mol. The summed E-state index contributed by atoms with van der Waals surface area (Å²) >= 11 is 8.60. The summed E-state index contributed by atoms with van der Waals surface area (Å²) in [4.78, 5) is 20.4. The summed E-state index contributed by atoms with van der Waals surface area (Å²) in [6.07, 6.45) is 5.75. The van der Waals surface area contributed by atoms with Gasteiger partial charge in [-0.25, -0.2) is 4.98 Å². The van der Waals surface area contributed by atoms with E-state index in [1.165, 1.54) is 12.8 Å². The molecule has 6 heteroatoms. The number of carbonyl (C=O) groups excluding carboxylic acids is 1. The van der Waals surface area contributed by atoms with Gasteiger partial charge in [0.1, 0.15) is 5.82 Å². The van der Waals surface area contributed by atoms with Crippen molar-refractivity contribution in [1.29, 1.82) is 0 Å². The third kappa shape index (κ3) is 5.25. The Kier molecular flexibility index (Phi) is 7.22. The van der Waals surface area contributed by atoms with Crippen molar-refractivity contribution in [3.63, 3.8) is 0 Å². The molecule has 0 unspecified atom stereocenters. The highest BCUT2D eigenvalue weighted by Gasteiger charge is 2.25. The van der Waals surface area contributed by atoms with Gasteiger partial charge in [-0.3, -0.25) is 4.79 Å². The van der Waals surface area contributed by atoms with Crippen LogP contribution in [-0.2, 0) is 6.54 Å². The van der Waals surface area contributed by atoms with E-state index in [2.05, 4.69) is 41.0 Å². The molecule has 4 rings (SSSR count). The van der Waals surface area contributed by atoms with Crippen molar-refractivity contribution in [3.8, 4) is 0 Å². The minimum absolute atomic E-state index is 0.0715. The third-order valence-electron chi connectivity index (χ3n) is 6.08. The van der Waals surface area contributed by atoms with Gasteiger partial charge in [0.2, 0.25) is 0 Å². The smallest absolute Gasteiger partial charge is 0.254 e. The lowest BCUT2D eigenvalue weighted by Crippen LogP contribution is -2.33. The number of hydrogen-bond acceptors (Lipinski definition) is 2. The van der Waals surface area contributed by atoms with Crippen molar-refractivity contribution in [2.45, 2.75) is 58.5 Å². The van der Waals surface area contributed by atoms with Crippen LogP contribution in [0.2, 0.25) is 5.02 Å². The second-order valence-electron chi connectivity index (χ2n) is 8.89. The second kappa shape index (κ2) is 9.90. The fourth-order valence-electron chi connectivity index (χ4n) is 4.44. The minimum atomic E-state index is 0.0715. The lowest BCUT2D eigenvalue weighted by Gasteiger charge is -2.25. The number of hydrogen-bond donors (Lipinski definition) is 0. The van der Waals surface area contributed by atoms with E-state index < -0.39 is 0 Å². The molecule has 0 bridgehead atoms. The van der Waals surface area contributed by atoms with E-state index in [1.54, 1.807) is 0 Å². The van der Waals surface area contributed by atoms with Crippen LogP contribution in [0, 0.1) is 9.49 Å². The minimum Gasteiger partial charge on any atom is -0.331 e. The van der Waals surface area contributed by atoms with E-state index in [1.807, 2.05) is 47.4 Å². The zero-order chi connectivity index (χ0) is 22.0. The van der Waals surface area contributed by atoms with E-state index in [0.29, 0.717) is 18.5 Å². The number of amides is 1. The van der Waals surface area contributed by atoms with Gasteiger partial charge in [-0.15, -0.1) is 0 Å². The topological polar surface area (TPSA) is 38.1 Å². The average Bonchev–Trinajstić information content (AvgIpc) is 3.37. The molecular weight excluding hydrogens is 521 g/mol. The van der Waals surface area contributed by atoms with Crippen LogP contribution in [-0.4, -0.2) is 26.9 Å². The normalized spacial score (nSPS) is 14.6. The first-order valence-electron chi connectivity index (χ1n) is 11.1. The maximum absolute atomic E-state index is 13.5. The molecule has 2 aromatic carbocycles. The van der Waals surface area contributed by atoms with E-state index in [-0.39, 0.29) is 5.91 Å². The molecule has 31 heavy (non-hydrogen) atoms. The molecule has 4 nitrogen and oxygen atoms in total. The van der Waals surface area contributed by atoms with Crippen LogP contribution >= 0.6 is 34.2 Å². The monoisotopic (exact) mass is 549 g/mol. The number of aromatic nitrogens is 2. The molecule has 0 spiro atoms. The zero-order valence-corrected chi connectivity index (χ0v) is 21.1.